The van der Waals surface area contributed by atoms with Crippen molar-refractivity contribution in [1.29, 1.82) is 0 Å². The predicted molar refractivity (Wildman–Crippen MR) is 127 cm³/mol. The van der Waals surface area contributed by atoms with Crippen LogP contribution in [0.5, 0.6) is 11.5 Å². The minimum Gasteiger partial charge on any atom is -0.497 e. The number of hydrogen-bond donors (Lipinski definition) is 1. The Labute approximate surface area is 200 Å². The van der Waals surface area contributed by atoms with Crippen LogP contribution in [0.25, 0.3) is 10.7 Å². The third-order valence-electron chi connectivity index (χ3n) is 5.67. The summed E-state index contributed by atoms with van der Waals surface area (Å²) in [5.74, 6) is 1.58. The van der Waals surface area contributed by atoms with Crippen molar-refractivity contribution in [3.63, 3.8) is 0 Å². The van der Waals surface area contributed by atoms with Crippen molar-refractivity contribution in [3.8, 4) is 22.2 Å². The Kier molecular flexibility index (Phi) is 6.80. The third kappa shape index (κ3) is 4.64. The summed E-state index contributed by atoms with van der Waals surface area (Å²) in [5, 5.41) is 9.07. The van der Waals surface area contributed by atoms with Crippen molar-refractivity contribution < 1.29 is 19.1 Å². The van der Waals surface area contributed by atoms with Gasteiger partial charge in [-0.1, -0.05) is 6.07 Å². The van der Waals surface area contributed by atoms with E-state index in [-0.39, 0.29) is 11.8 Å². The lowest BCUT2D eigenvalue weighted by molar-refractivity contribution is -0.135. The Balaban J connectivity index is 1.44. The van der Waals surface area contributed by atoms with Gasteiger partial charge in [-0.25, -0.2) is 0 Å². The summed E-state index contributed by atoms with van der Waals surface area (Å²) in [6.07, 6.45) is 0. The van der Waals surface area contributed by atoms with Gasteiger partial charge in [0.2, 0.25) is 5.91 Å². The molecule has 0 radical (unpaired) electrons. The molecule has 3 aromatic rings. The highest BCUT2D eigenvalue weighted by Gasteiger charge is 2.30. The van der Waals surface area contributed by atoms with Gasteiger partial charge in [0.25, 0.3) is 5.91 Å². The zero-order valence-electron chi connectivity index (χ0n) is 18.6. The van der Waals surface area contributed by atoms with Gasteiger partial charge in [0.05, 0.1) is 19.1 Å². The molecular formula is C22H25N5O4S2. The molecular weight excluding hydrogens is 462 g/mol. The van der Waals surface area contributed by atoms with Crippen molar-refractivity contribution >= 4 is 35.4 Å². The van der Waals surface area contributed by atoms with Crippen LogP contribution < -0.4 is 9.47 Å². The van der Waals surface area contributed by atoms with E-state index in [2.05, 4.69) is 10.2 Å². The van der Waals surface area contributed by atoms with Gasteiger partial charge in [0.1, 0.15) is 17.5 Å². The highest BCUT2D eigenvalue weighted by molar-refractivity contribution is 7.71. The molecule has 1 saturated heterocycles. The molecule has 1 aliphatic heterocycles. The molecule has 0 spiro atoms. The number of carbonyl (C=O) groups is 2. The zero-order chi connectivity index (χ0) is 23.5. The fraction of sp³-hybridized carbons (Fsp3) is 0.364. The summed E-state index contributed by atoms with van der Waals surface area (Å²) in [5.41, 5.74) is 0.490. The van der Waals surface area contributed by atoms with E-state index in [1.54, 1.807) is 46.8 Å². The maximum absolute atomic E-state index is 13.3. The lowest BCUT2D eigenvalue weighted by Crippen LogP contribution is -2.52. The molecule has 2 amide bonds. The zero-order valence-corrected chi connectivity index (χ0v) is 20.2. The molecule has 1 fully saturated rings. The fourth-order valence-electron chi connectivity index (χ4n) is 3.86. The predicted octanol–water partition coefficient (Wildman–Crippen LogP) is 3.23. The van der Waals surface area contributed by atoms with Gasteiger partial charge in [-0.2, -0.15) is 5.10 Å². The van der Waals surface area contributed by atoms with Crippen molar-refractivity contribution in [2.24, 2.45) is 0 Å². The molecule has 9 nitrogen and oxygen atoms in total. The van der Waals surface area contributed by atoms with E-state index in [1.807, 2.05) is 24.4 Å². The number of nitrogens with one attached hydrogen (secondary N) is 1. The second-order valence-corrected chi connectivity index (χ2v) is 8.93. The number of H-pyrrole nitrogens is 1. The maximum atomic E-state index is 13.3. The molecule has 33 heavy (non-hydrogen) atoms. The molecule has 0 saturated carbocycles. The Morgan fingerprint density at radius 3 is 2.30 bits per heavy atom. The third-order valence-corrected chi connectivity index (χ3v) is 6.82. The Hall–Kier alpha value is -3.18. The van der Waals surface area contributed by atoms with E-state index in [0.717, 1.165) is 4.88 Å². The number of piperazine rings is 1. The summed E-state index contributed by atoms with van der Waals surface area (Å²) in [7, 11) is 3.09. The van der Waals surface area contributed by atoms with Crippen LogP contribution in [0.15, 0.2) is 35.7 Å². The first-order valence-electron chi connectivity index (χ1n) is 10.4. The molecule has 174 valence electrons. The fourth-order valence-corrected chi connectivity index (χ4v) is 4.86. The van der Waals surface area contributed by atoms with Crippen LogP contribution in [-0.4, -0.2) is 76.8 Å². The highest BCUT2D eigenvalue weighted by Crippen LogP contribution is 2.27. The van der Waals surface area contributed by atoms with Gasteiger partial charge >= 0.3 is 0 Å². The largest absolute Gasteiger partial charge is 0.497 e. The van der Waals surface area contributed by atoms with Gasteiger partial charge in [-0.05, 0) is 42.7 Å². The summed E-state index contributed by atoms with van der Waals surface area (Å²) in [6, 6.07) is 8.47. The van der Waals surface area contributed by atoms with E-state index in [0.29, 0.717) is 53.8 Å². The van der Waals surface area contributed by atoms with Crippen molar-refractivity contribution in [2.45, 2.75) is 13.0 Å². The molecule has 3 heterocycles. The molecule has 11 heteroatoms. The van der Waals surface area contributed by atoms with E-state index in [9.17, 15) is 9.59 Å². The highest BCUT2D eigenvalue weighted by atomic mass is 32.1. The molecule has 4 rings (SSSR count). The summed E-state index contributed by atoms with van der Waals surface area (Å²) < 4.78 is 12.7. The number of rotatable bonds is 6. The quantitative estimate of drug-likeness (QED) is 0.537. The second-order valence-electron chi connectivity index (χ2n) is 7.59. The normalized spacial score (nSPS) is 14.8. The van der Waals surface area contributed by atoms with E-state index >= 15 is 0 Å². The van der Waals surface area contributed by atoms with Gasteiger partial charge in [-0.3, -0.25) is 19.3 Å². The lowest BCUT2D eigenvalue weighted by Gasteiger charge is -2.36. The second kappa shape index (κ2) is 9.75. The van der Waals surface area contributed by atoms with Gasteiger partial charge in [0, 0.05) is 37.8 Å². The van der Waals surface area contributed by atoms with E-state index < -0.39 is 6.04 Å². The Bertz CT molecular complexity index is 1170. The molecule has 1 unspecified atom stereocenters. The minimum absolute atomic E-state index is 0.0551. The first-order chi connectivity index (χ1) is 15.9. The molecule has 1 atom stereocenters. The minimum atomic E-state index is -0.516. The Morgan fingerprint density at radius 1 is 1.09 bits per heavy atom. The smallest absolute Gasteiger partial charge is 0.254 e. The van der Waals surface area contributed by atoms with E-state index in [4.69, 9.17) is 21.7 Å². The van der Waals surface area contributed by atoms with Crippen molar-refractivity contribution in [1.82, 2.24) is 24.6 Å². The number of ether oxygens (including phenoxy) is 2. The van der Waals surface area contributed by atoms with Crippen LogP contribution in [0.2, 0.25) is 0 Å². The average Bonchev–Trinajstić information content (AvgIpc) is 3.52. The van der Waals surface area contributed by atoms with E-state index in [1.165, 1.54) is 11.3 Å². The molecule has 1 aliphatic rings. The molecule has 1 aromatic carbocycles. The van der Waals surface area contributed by atoms with Gasteiger partial charge in [-0.15, -0.1) is 11.3 Å². The number of carbonyl (C=O) groups excluding carboxylic acids is 2. The maximum Gasteiger partial charge on any atom is 0.254 e. The monoisotopic (exact) mass is 487 g/mol. The number of thiophene rings is 1. The van der Waals surface area contributed by atoms with Crippen LogP contribution in [0.4, 0.5) is 0 Å². The first-order valence-corrected chi connectivity index (χ1v) is 11.7. The molecule has 0 bridgehead atoms. The molecule has 0 aliphatic carbocycles. The Morgan fingerprint density at radius 2 is 1.73 bits per heavy atom. The lowest BCUT2D eigenvalue weighted by atomic mass is 10.1. The standard InChI is InChI=1S/C22H25N5O4S2/c1-14(27-19(23-24-22(27)32)18-5-4-10-33-18)20(28)25-6-8-26(9-7-25)21(29)15-11-16(30-2)13-17(12-15)31-3/h4-5,10-14H,6-9H2,1-3H3,(H,24,32). The summed E-state index contributed by atoms with van der Waals surface area (Å²) in [4.78, 5) is 30.8. The van der Waals surface area contributed by atoms with Crippen LogP contribution in [0.1, 0.15) is 23.3 Å². The van der Waals surface area contributed by atoms with Crippen molar-refractivity contribution in [3.05, 3.63) is 46.0 Å². The number of amides is 2. The van der Waals surface area contributed by atoms with Crippen LogP contribution in [0.3, 0.4) is 0 Å². The van der Waals surface area contributed by atoms with Gasteiger partial charge < -0.3 is 19.3 Å². The topological polar surface area (TPSA) is 92.7 Å². The van der Waals surface area contributed by atoms with Crippen LogP contribution >= 0.6 is 23.6 Å². The van der Waals surface area contributed by atoms with Crippen LogP contribution in [0, 0.1) is 4.77 Å². The summed E-state index contributed by atoms with van der Waals surface area (Å²) in [6.45, 7) is 3.58. The molecule has 1 N–H and O–H groups in total. The summed E-state index contributed by atoms with van der Waals surface area (Å²) >= 11 is 6.94. The van der Waals surface area contributed by atoms with Crippen molar-refractivity contribution in [2.75, 3.05) is 40.4 Å². The average molecular weight is 488 g/mol. The number of methoxy groups -OCH3 is 2. The first kappa shape index (κ1) is 23.0. The number of aromatic amines is 1. The number of nitrogens with zero attached hydrogens (tertiary/aromatic N) is 4. The SMILES string of the molecule is COc1cc(OC)cc(C(=O)N2CCN(C(=O)C(C)n3c(-c4cccs4)n[nH]c3=S)CC2)c1. The van der Waals surface area contributed by atoms with Crippen LogP contribution in [-0.2, 0) is 4.79 Å². The molecule has 2 aromatic heterocycles. The number of aromatic nitrogens is 3. The van der Waals surface area contributed by atoms with Gasteiger partial charge in [0.15, 0.2) is 10.6 Å². The number of hydrogen-bond acceptors (Lipinski definition) is 7. The number of benzene rings is 1.